The number of carbonyl (C=O) groups is 2. The zero-order valence-electron chi connectivity index (χ0n) is 19.7. The SMILES string of the molecule is CC(=O)OC1CC[C@H]2[C@@H]3CCC4=C(CSc5ccccc5)C(=O)CC[C@]4(C)[C@H]3CC[C@]12C. The van der Waals surface area contributed by atoms with Crippen LogP contribution in [0.4, 0.5) is 0 Å². The fraction of sp³-hybridized carbons (Fsp3) is 0.643. The van der Waals surface area contributed by atoms with Crippen LogP contribution in [0.15, 0.2) is 46.4 Å². The second-order valence-corrected chi connectivity index (χ2v) is 12.1. The molecule has 0 radical (unpaired) electrons. The lowest BCUT2D eigenvalue weighted by Crippen LogP contribution is -2.52. The van der Waals surface area contributed by atoms with E-state index in [1.54, 1.807) is 6.92 Å². The van der Waals surface area contributed by atoms with Crippen molar-refractivity contribution < 1.29 is 14.3 Å². The highest BCUT2D eigenvalue weighted by atomic mass is 32.2. The molecule has 1 aromatic rings. The van der Waals surface area contributed by atoms with E-state index >= 15 is 0 Å². The molecule has 32 heavy (non-hydrogen) atoms. The van der Waals surface area contributed by atoms with Gasteiger partial charge in [0.2, 0.25) is 0 Å². The number of thioether (sulfide) groups is 1. The molecule has 0 saturated heterocycles. The van der Waals surface area contributed by atoms with Gasteiger partial charge in [0.05, 0.1) is 0 Å². The van der Waals surface area contributed by atoms with Crippen LogP contribution in [0.5, 0.6) is 0 Å². The summed E-state index contributed by atoms with van der Waals surface area (Å²) < 4.78 is 5.80. The zero-order valence-corrected chi connectivity index (χ0v) is 20.5. The van der Waals surface area contributed by atoms with Crippen LogP contribution in [0.3, 0.4) is 0 Å². The second-order valence-electron chi connectivity index (χ2n) is 11.0. The van der Waals surface area contributed by atoms with Gasteiger partial charge in [-0.25, -0.2) is 0 Å². The normalized spacial score (nSPS) is 38.7. The van der Waals surface area contributed by atoms with Crippen molar-refractivity contribution in [3.05, 3.63) is 41.5 Å². The molecule has 3 nitrogen and oxygen atoms in total. The third-order valence-corrected chi connectivity index (χ3v) is 10.6. The number of hydrogen-bond donors (Lipinski definition) is 0. The van der Waals surface area contributed by atoms with E-state index in [-0.39, 0.29) is 22.9 Å². The van der Waals surface area contributed by atoms with Gasteiger partial charge in [-0.3, -0.25) is 9.59 Å². The number of ketones is 1. The number of hydrogen-bond acceptors (Lipinski definition) is 4. The summed E-state index contributed by atoms with van der Waals surface area (Å²) in [6.07, 6.45) is 8.59. The predicted molar refractivity (Wildman–Crippen MR) is 128 cm³/mol. The first kappa shape index (κ1) is 22.3. The van der Waals surface area contributed by atoms with E-state index in [0.29, 0.717) is 30.0 Å². The predicted octanol–water partition coefficient (Wildman–Crippen LogP) is 6.61. The van der Waals surface area contributed by atoms with Crippen LogP contribution in [0.2, 0.25) is 0 Å². The van der Waals surface area contributed by atoms with E-state index in [2.05, 4.69) is 38.1 Å². The van der Waals surface area contributed by atoms with E-state index < -0.39 is 0 Å². The summed E-state index contributed by atoms with van der Waals surface area (Å²) in [6.45, 7) is 6.41. The highest BCUT2D eigenvalue weighted by Crippen LogP contribution is 2.66. The minimum atomic E-state index is -0.133. The monoisotopic (exact) mass is 452 g/mol. The molecule has 5 rings (SSSR count). The fourth-order valence-corrected chi connectivity index (χ4v) is 9.01. The van der Waals surface area contributed by atoms with Crippen molar-refractivity contribution in [1.29, 1.82) is 0 Å². The molecule has 0 heterocycles. The maximum atomic E-state index is 13.0. The average Bonchev–Trinajstić information content (AvgIpc) is 3.10. The summed E-state index contributed by atoms with van der Waals surface area (Å²) in [4.78, 5) is 26.0. The number of fused-ring (bicyclic) bond motifs is 5. The van der Waals surface area contributed by atoms with Gasteiger partial charge in [0, 0.05) is 35.0 Å². The summed E-state index contributed by atoms with van der Waals surface area (Å²) in [5, 5.41) is 0. The summed E-state index contributed by atoms with van der Waals surface area (Å²) in [5.41, 5.74) is 2.89. The molecule has 172 valence electrons. The lowest BCUT2D eigenvalue weighted by atomic mass is 9.47. The zero-order chi connectivity index (χ0) is 22.5. The molecule has 0 N–H and O–H groups in total. The highest BCUT2D eigenvalue weighted by molar-refractivity contribution is 7.99. The number of rotatable bonds is 4. The Balaban J connectivity index is 1.41. The van der Waals surface area contributed by atoms with Crippen molar-refractivity contribution >= 4 is 23.5 Å². The van der Waals surface area contributed by atoms with E-state index in [4.69, 9.17) is 4.74 Å². The first-order chi connectivity index (χ1) is 15.3. The smallest absolute Gasteiger partial charge is 0.302 e. The average molecular weight is 453 g/mol. The van der Waals surface area contributed by atoms with Gasteiger partial charge >= 0.3 is 5.97 Å². The minimum absolute atomic E-state index is 0.0847. The minimum Gasteiger partial charge on any atom is -0.462 e. The first-order valence-electron chi connectivity index (χ1n) is 12.4. The second kappa shape index (κ2) is 8.34. The van der Waals surface area contributed by atoms with Crippen LogP contribution < -0.4 is 0 Å². The Kier molecular flexibility index (Phi) is 5.80. The number of esters is 1. The Hall–Kier alpha value is -1.55. The van der Waals surface area contributed by atoms with Crippen LogP contribution in [0.1, 0.15) is 72.1 Å². The number of Topliss-reactive ketones (excluding diaryl/α,β-unsaturated/α-hetero) is 1. The molecule has 4 heteroatoms. The fourth-order valence-electron chi connectivity index (χ4n) is 8.01. The Morgan fingerprint density at radius 2 is 1.81 bits per heavy atom. The Labute approximate surface area is 196 Å². The Morgan fingerprint density at radius 1 is 1.03 bits per heavy atom. The first-order valence-corrected chi connectivity index (χ1v) is 13.4. The third-order valence-electron chi connectivity index (χ3n) is 9.59. The molecule has 3 saturated carbocycles. The van der Waals surface area contributed by atoms with Crippen molar-refractivity contribution in [2.75, 3.05) is 5.75 Å². The van der Waals surface area contributed by atoms with Gasteiger partial charge in [-0.15, -0.1) is 11.8 Å². The summed E-state index contributed by atoms with van der Waals surface area (Å²) in [6, 6.07) is 10.5. The van der Waals surface area contributed by atoms with Crippen molar-refractivity contribution in [2.24, 2.45) is 28.6 Å². The molecule has 4 aliphatic rings. The van der Waals surface area contributed by atoms with Crippen molar-refractivity contribution in [3.63, 3.8) is 0 Å². The van der Waals surface area contributed by atoms with Crippen LogP contribution in [-0.4, -0.2) is 23.6 Å². The van der Waals surface area contributed by atoms with E-state index in [1.165, 1.54) is 29.7 Å². The van der Waals surface area contributed by atoms with Crippen molar-refractivity contribution in [3.8, 4) is 0 Å². The van der Waals surface area contributed by atoms with Gasteiger partial charge in [0.25, 0.3) is 0 Å². The number of carbonyl (C=O) groups excluding carboxylic acids is 2. The van der Waals surface area contributed by atoms with E-state index in [1.807, 2.05) is 17.8 Å². The number of allylic oxidation sites excluding steroid dienone is 1. The molecule has 4 aliphatic carbocycles. The third kappa shape index (κ3) is 3.57. The molecule has 0 spiro atoms. The summed E-state index contributed by atoms with van der Waals surface area (Å²) in [5.74, 6) is 3.05. The van der Waals surface area contributed by atoms with Gasteiger partial charge in [-0.05, 0) is 80.2 Å². The van der Waals surface area contributed by atoms with E-state index in [0.717, 1.165) is 37.0 Å². The molecular formula is C28H36O3S. The molecule has 0 bridgehead atoms. The maximum absolute atomic E-state index is 13.0. The summed E-state index contributed by atoms with van der Waals surface area (Å²) in [7, 11) is 0. The number of ether oxygens (including phenoxy) is 1. The van der Waals surface area contributed by atoms with Crippen molar-refractivity contribution in [2.45, 2.75) is 83.1 Å². The molecule has 0 aliphatic heterocycles. The maximum Gasteiger partial charge on any atom is 0.302 e. The Morgan fingerprint density at radius 3 is 2.56 bits per heavy atom. The van der Waals surface area contributed by atoms with E-state index in [9.17, 15) is 9.59 Å². The summed E-state index contributed by atoms with van der Waals surface area (Å²) >= 11 is 1.81. The Bertz CT molecular complexity index is 937. The quantitative estimate of drug-likeness (QED) is 0.381. The largest absolute Gasteiger partial charge is 0.462 e. The van der Waals surface area contributed by atoms with Crippen LogP contribution in [0, 0.1) is 28.6 Å². The number of benzene rings is 1. The van der Waals surface area contributed by atoms with Crippen LogP contribution in [0.25, 0.3) is 0 Å². The molecule has 0 amide bonds. The van der Waals surface area contributed by atoms with Crippen LogP contribution in [-0.2, 0) is 14.3 Å². The standard InChI is InChI=1S/C28H36O3S/c1-18(29)31-26-12-11-22-20-9-10-23-21(17-32-19-7-5-4-6-8-19)25(30)14-16-27(23,2)24(20)13-15-28(22,26)3/h4-8,20,22,24,26H,9-17H2,1-3H3/t20-,22-,24-,26?,27-,28-/m0/s1. The molecule has 1 unspecified atom stereocenters. The molecule has 0 aromatic heterocycles. The lowest BCUT2D eigenvalue weighted by Gasteiger charge is -2.58. The molecule has 3 fully saturated rings. The molecule has 1 aromatic carbocycles. The lowest BCUT2D eigenvalue weighted by molar-refractivity contribution is -0.157. The highest BCUT2D eigenvalue weighted by Gasteiger charge is 2.60. The van der Waals surface area contributed by atoms with Gasteiger partial charge < -0.3 is 4.74 Å². The van der Waals surface area contributed by atoms with Gasteiger partial charge in [-0.1, -0.05) is 37.6 Å². The molecule has 6 atom stereocenters. The van der Waals surface area contributed by atoms with Gasteiger partial charge in [0.15, 0.2) is 5.78 Å². The van der Waals surface area contributed by atoms with Gasteiger partial charge in [0.1, 0.15) is 6.10 Å². The molecular weight excluding hydrogens is 416 g/mol. The van der Waals surface area contributed by atoms with Gasteiger partial charge in [-0.2, -0.15) is 0 Å². The van der Waals surface area contributed by atoms with Crippen molar-refractivity contribution in [1.82, 2.24) is 0 Å². The van der Waals surface area contributed by atoms with Crippen LogP contribution >= 0.6 is 11.8 Å². The topological polar surface area (TPSA) is 43.4 Å².